The molecule has 0 spiro atoms. The number of amides is 1. The first-order chi connectivity index (χ1) is 14.9. The third-order valence-electron chi connectivity index (χ3n) is 5.13. The van der Waals surface area contributed by atoms with Crippen LogP contribution in [0.15, 0.2) is 41.5 Å². The Morgan fingerprint density at radius 1 is 1.16 bits per heavy atom. The zero-order valence-electron chi connectivity index (χ0n) is 18.4. The topological polar surface area (TPSA) is 76.5 Å². The van der Waals surface area contributed by atoms with Crippen molar-refractivity contribution in [3.05, 3.63) is 58.9 Å². The van der Waals surface area contributed by atoms with Crippen LogP contribution in [0.1, 0.15) is 28.4 Å². The molecule has 0 saturated carbocycles. The van der Waals surface area contributed by atoms with Crippen molar-refractivity contribution in [2.45, 2.75) is 20.3 Å². The lowest BCUT2D eigenvalue weighted by molar-refractivity contribution is -0.114. The Kier molecular flexibility index (Phi) is 8.69. The molecule has 2 aromatic rings. The zero-order chi connectivity index (χ0) is 23.0. The molecule has 0 aliphatic rings. The normalized spacial score (nSPS) is 11.2. The van der Waals surface area contributed by atoms with Crippen LogP contribution in [0.5, 0.6) is 0 Å². The van der Waals surface area contributed by atoms with Gasteiger partial charge in [-0.05, 0) is 49.6 Å². The van der Waals surface area contributed by atoms with Crippen LogP contribution in [0.2, 0.25) is 0 Å². The molecule has 0 aliphatic carbocycles. The molecule has 8 heteroatoms. The number of carbonyl (C=O) groups is 2. The van der Waals surface area contributed by atoms with Gasteiger partial charge in [-0.25, -0.2) is 4.39 Å². The third-order valence-corrected chi connectivity index (χ3v) is 5.13. The van der Waals surface area contributed by atoms with E-state index in [1.54, 1.807) is 13.0 Å². The van der Waals surface area contributed by atoms with Gasteiger partial charge in [-0.2, -0.15) is 5.10 Å². The number of benzene rings is 2. The summed E-state index contributed by atoms with van der Waals surface area (Å²) < 4.78 is 14.7. The van der Waals surface area contributed by atoms with Gasteiger partial charge in [0.05, 0.1) is 5.69 Å². The highest BCUT2D eigenvalue weighted by molar-refractivity contribution is 5.92. The number of aliphatic hydroxyl groups excluding tert-OH is 1. The zero-order valence-corrected chi connectivity index (χ0v) is 18.4. The van der Waals surface area contributed by atoms with Crippen molar-refractivity contribution < 1.29 is 19.1 Å². The van der Waals surface area contributed by atoms with Crippen LogP contribution >= 0.6 is 0 Å². The second kappa shape index (κ2) is 11.2. The Morgan fingerprint density at radius 2 is 1.87 bits per heavy atom. The molecule has 2 aromatic carbocycles. The Morgan fingerprint density at radius 3 is 2.45 bits per heavy atom. The van der Waals surface area contributed by atoms with Crippen molar-refractivity contribution >= 4 is 29.9 Å². The summed E-state index contributed by atoms with van der Waals surface area (Å²) in [5.74, 6) is -0.518. The molecule has 0 fully saturated rings. The predicted octanol–water partition coefficient (Wildman–Crippen LogP) is 2.85. The van der Waals surface area contributed by atoms with Crippen molar-refractivity contribution in [3.63, 3.8) is 0 Å². The van der Waals surface area contributed by atoms with E-state index in [-0.39, 0.29) is 17.1 Å². The van der Waals surface area contributed by atoms with Crippen molar-refractivity contribution in [2.24, 2.45) is 5.10 Å². The Bertz CT molecular complexity index is 948. The monoisotopic (exact) mass is 428 g/mol. The van der Waals surface area contributed by atoms with Gasteiger partial charge in [0.25, 0.3) is 0 Å². The fourth-order valence-electron chi connectivity index (χ4n) is 3.32. The fourth-order valence-corrected chi connectivity index (χ4v) is 3.32. The van der Waals surface area contributed by atoms with Crippen LogP contribution in [-0.2, 0) is 11.2 Å². The molecule has 0 radical (unpaired) electrons. The summed E-state index contributed by atoms with van der Waals surface area (Å²) in [6, 6.07) is 10.8. The number of hydrogen-bond donors (Lipinski definition) is 1. The largest absolute Gasteiger partial charge is 0.388 e. The summed E-state index contributed by atoms with van der Waals surface area (Å²) in [6.07, 6.45) is 1.72. The van der Waals surface area contributed by atoms with Crippen LogP contribution < -0.4 is 9.91 Å². The predicted molar refractivity (Wildman–Crippen MR) is 121 cm³/mol. The van der Waals surface area contributed by atoms with Crippen LogP contribution in [0.3, 0.4) is 0 Å². The second-order valence-electron chi connectivity index (χ2n) is 7.17. The van der Waals surface area contributed by atoms with E-state index in [1.165, 1.54) is 23.0 Å². The number of aryl methyl sites for hydroxylation is 1. The number of hydrazone groups is 1. The molecule has 166 valence electrons. The van der Waals surface area contributed by atoms with E-state index < -0.39 is 12.4 Å². The van der Waals surface area contributed by atoms with E-state index in [1.807, 2.05) is 38.2 Å². The molecular weight excluding hydrogens is 399 g/mol. The van der Waals surface area contributed by atoms with Gasteiger partial charge in [0.1, 0.15) is 18.7 Å². The van der Waals surface area contributed by atoms with Crippen LogP contribution in [0, 0.1) is 12.7 Å². The lowest BCUT2D eigenvalue weighted by Gasteiger charge is -2.23. The molecule has 0 unspecified atom stereocenters. The average Bonchev–Trinajstić information content (AvgIpc) is 2.77. The van der Waals surface area contributed by atoms with E-state index in [4.69, 9.17) is 0 Å². The number of likely N-dealkylation sites (N-methyl/N-ethyl adjacent to an activating group) is 2. The first-order valence-corrected chi connectivity index (χ1v) is 10.0. The van der Waals surface area contributed by atoms with Gasteiger partial charge in [0.2, 0.25) is 6.41 Å². The van der Waals surface area contributed by atoms with Gasteiger partial charge >= 0.3 is 0 Å². The quantitative estimate of drug-likeness (QED) is 0.273. The van der Waals surface area contributed by atoms with Gasteiger partial charge in [0, 0.05) is 38.4 Å². The summed E-state index contributed by atoms with van der Waals surface area (Å²) in [6.45, 7) is 4.24. The average molecular weight is 429 g/mol. The standard InChI is InChI=1S/C23H29FN4O3/c1-5-28(16-31)23(15-30)25-27(4)22-13-18(19(14-29)12-20(22)24)10-11-26(3)21-9-7-6-8-17(21)2/h6-9,12-14,16,30H,5,10-11,15H2,1-4H3/b25-23-. The van der Waals surface area contributed by atoms with Crippen molar-refractivity contribution in [3.8, 4) is 0 Å². The molecule has 0 aromatic heterocycles. The molecular formula is C23H29FN4O3. The number of aliphatic hydroxyl groups is 1. The molecule has 2 rings (SSSR count). The molecule has 0 saturated heterocycles. The summed E-state index contributed by atoms with van der Waals surface area (Å²) in [5, 5.41) is 15.0. The molecule has 7 nitrogen and oxygen atoms in total. The highest BCUT2D eigenvalue weighted by atomic mass is 19.1. The number of carbonyl (C=O) groups excluding carboxylic acids is 2. The van der Waals surface area contributed by atoms with Crippen molar-refractivity contribution in [1.82, 2.24) is 4.90 Å². The van der Waals surface area contributed by atoms with Gasteiger partial charge in [0.15, 0.2) is 5.84 Å². The SMILES string of the molecule is CCN(C=O)/C(CO)=N\N(C)c1cc(CCN(C)c2ccccc2C)c(C=O)cc1F. The summed E-state index contributed by atoms with van der Waals surface area (Å²) in [4.78, 5) is 26.0. The number of aldehydes is 1. The minimum Gasteiger partial charge on any atom is -0.388 e. The summed E-state index contributed by atoms with van der Waals surface area (Å²) >= 11 is 0. The van der Waals surface area contributed by atoms with Crippen molar-refractivity contribution in [2.75, 3.05) is 43.7 Å². The first-order valence-electron chi connectivity index (χ1n) is 10.0. The van der Waals surface area contributed by atoms with E-state index in [2.05, 4.69) is 10.0 Å². The molecule has 31 heavy (non-hydrogen) atoms. The Hall–Kier alpha value is -3.26. The lowest BCUT2D eigenvalue weighted by atomic mass is 10.0. The highest BCUT2D eigenvalue weighted by Crippen LogP contribution is 2.25. The van der Waals surface area contributed by atoms with E-state index in [9.17, 15) is 19.1 Å². The third kappa shape index (κ3) is 5.88. The molecule has 0 aliphatic heterocycles. The second-order valence-corrected chi connectivity index (χ2v) is 7.17. The van der Waals surface area contributed by atoms with E-state index in [0.29, 0.717) is 37.8 Å². The van der Waals surface area contributed by atoms with E-state index in [0.717, 1.165) is 11.3 Å². The maximum absolute atomic E-state index is 14.7. The van der Waals surface area contributed by atoms with Crippen LogP contribution in [0.25, 0.3) is 0 Å². The number of anilines is 2. The Balaban J connectivity index is 2.31. The first kappa shape index (κ1) is 24.0. The van der Waals surface area contributed by atoms with Gasteiger partial charge in [-0.1, -0.05) is 18.2 Å². The number of rotatable bonds is 10. The molecule has 0 bridgehead atoms. The number of para-hydroxylation sites is 1. The Labute approximate surface area is 182 Å². The molecule has 0 heterocycles. The number of hydrogen-bond acceptors (Lipinski definition) is 6. The minimum atomic E-state index is -0.615. The number of halogens is 1. The maximum atomic E-state index is 14.7. The summed E-state index contributed by atoms with van der Waals surface area (Å²) in [5.41, 5.74) is 3.33. The number of amidine groups is 1. The molecule has 0 atom stereocenters. The summed E-state index contributed by atoms with van der Waals surface area (Å²) in [7, 11) is 3.49. The van der Waals surface area contributed by atoms with Gasteiger partial charge < -0.3 is 10.0 Å². The maximum Gasteiger partial charge on any atom is 0.215 e. The molecule has 1 N–H and O–H groups in total. The van der Waals surface area contributed by atoms with Crippen LogP contribution in [-0.4, -0.2) is 62.3 Å². The smallest absolute Gasteiger partial charge is 0.215 e. The lowest BCUT2D eigenvalue weighted by Crippen LogP contribution is -2.34. The van der Waals surface area contributed by atoms with Crippen LogP contribution in [0.4, 0.5) is 15.8 Å². The number of nitrogens with zero attached hydrogens (tertiary/aromatic N) is 4. The fraction of sp³-hybridized carbons (Fsp3) is 0.348. The van der Waals surface area contributed by atoms with Gasteiger partial charge in [-0.3, -0.25) is 19.5 Å². The van der Waals surface area contributed by atoms with Crippen molar-refractivity contribution in [1.29, 1.82) is 0 Å². The van der Waals surface area contributed by atoms with E-state index >= 15 is 0 Å². The highest BCUT2D eigenvalue weighted by Gasteiger charge is 2.16. The van der Waals surface area contributed by atoms with Gasteiger partial charge in [-0.15, -0.1) is 0 Å². The molecule has 1 amide bonds. The minimum absolute atomic E-state index is 0.0969.